The SMILES string of the molecule is CCCNC(c1ccccc1)c1csc2ccccc12. The molecule has 0 bridgehead atoms. The van der Waals surface area contributed by atoms with Crippen LogP contribution in [-0.2, 0) is 0 Å². The van der Waals surface area contributed by atoms with Crippen molar-refractivity contribution in [1.29, 1.82) is 0 Å². The second-order valence-electron chi connectivity index (χ2n) is 4.99. The molecule has 1 unspecified atom stereocenters. The Kier molecular flexibility index (Phi) is 4.14. The average Bonchev–Trinajstić information content (AvgIpc) is 2.93. The number of nitrogens with one attached hydrogen (secondary N) is 1. The molecule has 0 spiro atoms. The van der Waals surface area contributed by atoms with Crippen LogP contribution in [0.4, 0.5) is 0 Å². The summed E-state index contributed by atoms with van der Waals surface area (Å²) < 4.78 is 1.36. The summed E-state index contributed by atoms with van der Waals surface area (Å²) in [6.45, 7) is 3.24. The molecular formula is C18H19NS. The van der Waals surface area contributed by atoms with Crippen LogP contribution in [-0.4, -0.2) is 6.54 Å². The number of hydrogen-bond donors (Lipinski definition) is 1. The molecule has 102 valence electrons. The molecule has 1 N–H and O–H groups in total. The Balaban J connectivity index is 2.05. The van der Waals surface area contributed by atoms with Gasteiger partial charge in [0.1, 0.15) is 0 Å². The summed E-state index contributed by atoms with van der Waals surface area (Å²) in [5.41, 5.74) is 2.73. The van der Waals surface area contributed by atoms with E-state index in [4.69, 9.17) is 0 Å². The van der Waals surface area contributed by atoms with E-state index in [-0.39, 0.29) is 6.04 Å². The largest absolute Gasteiger partial charge is 0.306 e. The predicted octanol–water partition coefficient (Wildman–Crippen LogP) is 4.99. The van der Waals surface area contributed by atoms with Crippen LogP contribution in [0.2, 0.25) is 0 Å². The third-order valence-electron chi connectivity index (χ3n) is 3.55. The van der Waals surface area contributed by atoms with Crippen molar-refractivity contribution in [2.24, 2.45) is 0 Å². The van der Waals surface area contributed by atoms with Gasteiger partial charge in [-0.05, 0) is 40.9 Å². The van der Waals surface area contributed by atoms with Crippen molar-refractivity contribution in [2.45, 2.75) is 19.4 Å². The standard InChI is InChI=1S/C18H19NS/c1-2-12-19-18(14-8-4-3-5-9-14)16-13-20-17-11-7-6-10-15(16)17/h3-11,13,18-19H,2,12H2,1H3. The first kappa shape index (κ1) is 13.3. The van der Waals surface area contributed by atoms with E-state index in [1.807, 2.05) is 11.3 Å². The van der Waals surface area contributed by atoms with Gasteiger partial charge in [0.15, 0.2) is 0 Å². The van der Waals surface area contributed by atoms with Crippen molar-refractivity contribution in [3.63, 3.8) is 0 Å². The predicted molar refractivity (Wildman–Crippen MR) is 88.4 cm³/mol. The summed E-state index contributed by atoms with van der Waals surface area (Å²) in [5.74, 6) is 0. The van der Waals surface area contributed by atoms with Gasteiger partial charge in [0.2, 0.25) is 0 Å². The molecule has 20 heavy (non-hydrogen) atoms. The van der Waals surface area contributed by atoms with E-state index in [9.17, 15) is 0 Å². The number of fused-ring (bicyclic) bond motifs is 1. The molecule has 0 amide bonds. The van der Waals surface area contributed by atoms with Crippen molar-refractivity contribution >= 4 is 21.4 Å². The molecule has 0 saturated carbocycles. The van der Waals surface area contributed by atoms with Crippen molar-refractivity contribution in [1.82, 2.24) is 5.32 Å². The maximum absolute atomic E-state index is 3.69. The monoisotopic (exact) mass is 281 g/mol. The van der Waals surface area contributed by atoms with Gasteiger partial charge in [0, 0.05) is 4.70 Å². The fourth-order valence-electron chi connectivity index (χ4n) is 2.56. The first-order valence-electron chi connectivity index (χ1n) is 7.14. The fourth-order valence-corrected chi connectivity index (χ4v) is 3.55. The normalized spacial score (nSPS) is 12.7. The highest BCUT2D eigenvalue weighted by Crippen LogP contribution is 2.33. The number of benzene rings is 2. The molecule has 1 atom stereocenters. The number of rotatable bonds is 5. The zero-order chi connectivity index (χ0) is 13.8. The van der Waals surface area contributed by atoms with E-state index >= 15 is 0 Å². The number of thiophene rings is 1. The molecule has 3 aromatic rings. The summed E-state index contributed by atoms with van der Waals surface area (Å²) >= 11 is 1.83. The van der Waals surface area contributed by atoms with E-state index in [1.165, 1.54) is 21.2 Å². The Hall–Kier alpha value is -1.64. The molecule has 0 aliphatic heterocycles. The van der Waals surface area contributed by atoms with Gasteiger partial charge < -0.3 is 5.32 Å². The lowest BCUT2D eigenvalue weighted by Gasteiger charge is -2.19. The second kappa shape index (κ2) is 6.21. The highest BCUT2D eigenvalue weighted by Gasteiger charge is 2.16. The molecule has 0 aliphatic carbocycles. The minimum atomic E-state index is 0.285. The van der Waals surface area contributed by atoms with Gasteiger partial charge >= 0.3 is 0 Å². The molecule has 0 aliphatic rings. The van der Waals surface area contributed by atoms with Crippen LogP contribution in [0.25, 0.3) is 10.1 Å². The molecule has 1 aromatic heterocycles. The third kappa shape index (κ3) is 2.62. The van der Waals surface area contributed by atoms with Crippen LogP contribution in [0.1, 0.15) is 30.5 Å². The summed E-state index contributed by atoms with van der Waals surface area (Å²) in [6, 6.07) is 19.7. The van der Waals surface area contributed by atoms with Crippen molar-refractivity contribution < 1.29 is 0 Å². The van der Waals surface area contributed by atoms with Gasteiger partial charge in [-0.25, -0.2) is 0 Å². The maximum Gasteiger partial charge on any atom is 0.0591 e. The minimum absolute atomic E-state index is 0.285. The molecule has 1 nitrogen and oxygen atoms in total. The minimum Gasteiger partial charge on any atom is -0.306 e. The molecule has 0 radical (unpaired) electrons. The average molecular weight is 281 g/mol. The lowest BCUT2D eigenvalue weighted by Crippen LogP contribution is -2.22. The number of hydrogen-bond acceptors (Lipinski definition) is 2. The van der Waals surface area contributed by atoms with E-state index in [0.717, 1.165) is 13.0 Å². The Morgan fingerprint density at radius 2 is 1.75 bits per heavy atom. The molecular weight excluding hydrogens is 262 g/mol. The van der Waals surface area contributed by atoms with Crippen molar-refractivity contribution in [3.8, 4) is 0 Å². The fraction of sp³-hybridized carbons (Fsp3) is 0.222. The maximum atomic E-state index is 3.69. The van der Waals surface area contributed by atoms with Gasteiger partial charge in [-0.15, -0.1) is 11.3 Å². The molecule has 3 rings (SSSR count). The summed E-state index contributed by atoms with van der Waals surface area (Å²) in [7, 11) is 0. The van der Waals surface area contributed by atoms with Crippen molar-refractivity contribution in [3.05, 3.63) is 71.1 Å². The molecule has 1 heterocycles. The highest BCUT2D eigenvalue weighted by atomic mass is 32.1. The van der Waals surface area contributed by atoms with E-state index in [1.54, 1.807) is 0 Å². The third-order valence-corrected chi connectivity index (χ3v) is 4.54. The van der Waals surface area contributed by atoms with E-state index < -0.39 is 0 Å². The van der Waals surface area contributed by atoms with Crippen molar-refractivity contribution in [2.75, 3.05) is 6.54 Å². The van der Waals surface area contributed by atoms with Gasteiger partial charge in [0.05, 0.1) is 6.04 Å². The lowest BCUT2D eigenvalue weighted by atomic mass is 9.98. The summed E-state index contributed by atoms with van der Waals surface area (Å²) in [6.07, 6.45) is 1.14. The molecule has 0 fully saturated rings. The summed E-state index contributed by atoms with van der Waals surface area (Å²) in [5, 5.41) is 7.35. The summed E-state index contributed by atoms with van der Waals surface area (Å²) in [4.78, 5) is 0. The van der Waals surface area contributed by atoms with E-state index in [0.29, 0.717) is 0 Å². The Labute approximate surface area is 124 Å². The quantitative estimate of drug-likeness (QED) is 0.694. The molecule has 2 heteroatoms. The first-order valence-corrected chi connectivity index (χ1v) is 8.02. The van der Waals surface area contributed by atoms with Gasteiger partial charge in [0.25, 0.3) is 0 Å². The molecule has 0 saturated heterocycles. The first-order chi connectivity index (χ1) is 9.90. The zero-order valence-electron chi connectivity index (χ0n) is 11.7. The van der Waals surface area contributed by atoms with Gasteiger partial charge in [-0.2, -0.15) is 0 Å². The smallest absolute Gasteiger partial charge is 0.0591 e. The Morgan fingerprint density at radius 3 is 2.55 bits per heavy atom. The van der Waals surface area contributed by atoms with Gasteiger partial charge in [-0.3, -0.25) is 0 Å². The zero-order valence-corrected chi connectivity index (χ0v) is 12.5. The van der Waals surface area contributed by atoms with Crippen LogP contribution in [0.3, 0.4) is 0 Å². The van der Waals surface area contributed by atoms with E-state index in [2.05, 4.69) is 72.2 Å². The van der Waals surface area contributed by atoms with Crippen LogP contribution < -0.4 is 5.32 Å². The highest BCUT2D eigenvalue weighted by molar-refractivity contribution is 7.17. The Morgan fingerprint density at radius 1 is 1.00 bits per heavy atom. The lowest BCUT2D eigenvalue weighted by molar-refractivity contribution is 0.603. The topological polar surface area (TPSA) is 12.0 Å². The Bertz CT molecular complexity index is 672. The molecule has 2 aromatic carbocycles. The van der Waals surface area contributed by atoms with Crippen LogP contribution >= 0.6 is 11.3 Å². The second-order valence-corrected chi connectivity index (χ2v) is 5.90. The van der Waals surface area contributed by atoms with Crippen LogP contribution in [0.5, 0.6) is 0 Å². The van der Waals surface area contributed by atoms with Crippen LogP contribution in [0.15, 0.2) is 60.0 Å². The van der Waals surface area contributed by atoms with Gasteiger partial charge in [-0.1, -0.05) is 55.5 Å². The van der Waals surface area contributed by atoms with Crippen LogP contribution in [0, 0.1) is 0 Å².